The van der Waals surface area contributed by atoms with Crippen LogP contribution in [0.15, 0.2) is 22.7 Å². The second-order valence-corrected chi connectivity index (χ2v) is 4.30. The van der Waals surface area contributed by atoms with Crippen LogP contribution in [-0.4, -0.2) is 11.1 Å². The molecular weight excluding hydrogens is 216 g/mol. The van der Waals surface area contributed by atoms with Crippen molar-refractivity contribution in [1.82, 2.24) is 5.16 Å². The van der Waals surface area contributed by atoms with E-state index in [4.69, 9.17) is 4.52 Å². The van der Waals surface area contributed by atoms with Crippen LogP contribution in [0.2, 0.25) is 0 Å². The van der Waals surface area contributed by atoms with Crippen molar-refractivity contribution in [1.29, 1.82) is 0 Å². The first kappa shape index (κ1) is 10.1. The van der Waals surface area contributed by atoms with Gasteiger partial charge in [0.2, 0.25) is 5.91 Å². The van der Waals surface area contributed by atoms with Crippen molar-refractivity contribution in [2.75, 3.05) is 5.32 Å². The highest BCUT2D eigenvalue weighted by Gasteiger charge is 2.19. The molecule has 0 saturated carbocycles. The average molecular weight is 228 g/mol. The lowest BCUT2D eigenvalue weighted by Gasteiger charge is -2.03. The summed E-state index contributed by atoms with van der Waals surface area (Å²) in [6.45, 7) is 3.80. The molecular formula is C13H12N2O2. The fraction of sp³-hybridized carbons (Fsp3) is 0.231. The van der Waals surface area contributed by atoms with E-state index in [1.54, 1.807) is 0 Å². The van der Waals surface area contributed by atoms with Crippen molar-refractivity contribution in [3.05, 3.63) is 35.2 Å². The number of nitrogens with zero attached hydrogens (tertiary/aromatic N) is 1. The molecule has 4 nitrogen and oxygen atoms in total. The van der Waals surface area contributed by atoms with Gasteiger partial charge in [-0.3, -0.25) is 4.79 Å². The average Bonchev–Trinajstić information content (AvgIpc) is 2.80. The summed E-state index contributed by atoms with van der Waals surface area (Å²) in [6, 6.07) is 5.97. The van der Waals surface area contributed by atoms with E-state index >= 15 is 0 Å². The molecule has 3 rings (SSSR count). The molecule has 17 heavy (non-hydrogen) atoms. The van der Waals surface area contributed by atoms with E-state index < -0.39 is 0 Å². The lowest BCUT2D eigenvalue weighted by atomic mass is 10.0. The third-order valence-electron chi connectivity index (χ3n) is 3.06. The Hall–Kier alpha value is -2.10. The third-order valence-corrected chi connectivity index (χ3v) is 3.06. The largest absolute Gasteiger partial charge is 0.361 e. The molecule has 4 heteroatoms. The third kappa shape index (κ3) is 1.53. The van der Waals surface area contributed by atoms with Gasteiger partial charge in [0, 0.05) is 11.3 Å². The summed E-state index contributed by atoms with van der Waals surface area (Å²) in [5, 5.41) is 6.79. The van der Waals surface area contributed by atoms with Gasteiger partial charge in [0.1, 0.15) is 5.76 Å². The van der Waals surface area contributed by atoms with Gasteiger partial charge >= 0.3 is 0 Å². The van der Waals surface area contributed by atoms with Crippen LogP contribution in [0, 0.1) is 13.8 Å². The van der Waals surface area contributed by atoms with Crippen LogP contribution in [0.5, 0.6) is 0 Å². The molecule has 0 radical (unpaired) electrons. The van der Waals surface area contributed by atoms with E-state index in [-0.39, 0.29) is 5.91 Å². The van der Waals surface area contributed by atoms with Gasteiger partial charge in [-0.25, -0.2) is 0 Å². The highest BCUT2D eigenvalue weighted by molar-refractivity contribution is 6.00. The Bertz CT molecular complexity index is 594. The van der Waals surface area contributed by atoms with Gasteiger partial charge in [-0.2, -0.15) is 0 Å². The fourth-order valence-corrected chi connectivity index (χ4v) is 2.26. The molecule has 0 saturated heterocycles. The molecule has 2 aromatic rings. The van der Waals surface area contributed by atoms with E-state index in [9.17, 15) is 4.79 Å². The Balaban J connectivity index is 2.12. The number of anilines is 1. The molecule has 0 aliphatic carbocycles. The number of hydrogen-bond donors (Lipinski definition) is 1. The molecule has 1 aliphatic rings. The molecule has 1 aliphatic heterocycles. The Morgan fingerprint density at radius 1 is 1.35 bits per heavy atom. The highest BCUT2D eigenvalue weighted by atomic mass is 16.5. The monoisotopic (exact) mass is 228 g/mol. The van der Waals surface area contributed by atoms with Crippen LogP contribution in [0.3, 0.4) is 0 Å². The van der Waals surface area contributed by atoms with E-state index in [2.05, 4.69) is 10.5 Å². The Kier molecular flexibility index (Phi) is 2.04. The highest BCUT2D eigenvalue weighted by Crippen LogP contribution is 2.32. The summed E-state index contributed by atoms with van der Waals surface area (Å²) in [4.78, 5) is 11.3. The number of amides is 1. The Morgan fingerprint density at radius 3 is 2.88 bits per heavy atom. The number of nitrogens with one attached hydrogen (secondary N) is 1. The van der Waals surface area contributed by atoms with Gasteiger partial charge in [-0.15, -0.1) is 0 Å². The lowest BCUT2D eigenvalue weighted by Crippen LogP contribution is -2.03. The van der Waals surface area contributed by atoms with Crippen molar-refractivity contribution in [3.63, 3.8) is 0 Å². The van der Waals surface area contributed by atoms with Crippen LogP contribution in [-0.2, 0) is 11.2 Å². The number of aromatic nitrogens is 1. The first-order valence-corrected chi connectivity index (χ1v) is 5.51. The molecule has 1 aromatic heterocycles. The molecule has 2 heterocycles. The number of rotatable bonds is 1. The number of aryl methyl sites for hydroxylation is 2. The number of benzene rings is 1. The molecule has 1 N–H and O–H groups in total. The number of hydrogen-bond acceptors (Lipinski definition) is 3. The normalized spacial score (nSPS) is 13.6. The number of carbonyl (C=O) groups excluding carboxylic acids is 1. The first-order chi connectivity index (χ1) is 8.15. The molecule has 0 fully saturated rings. The fourth-order valence-electron chi connectivity index (χ4n) is 2.26. The van der Waals surface area contributed by atoms with Gasteiger partial charge in [-0.1, -0.05) is 17.3 Å². The smallest absolute Gasteiger partial charge is 0.228 e. The van der Waals surface area contributed by atoms with Crippen LogP contribution in [0.25, 0.3) is 11.1 Å². The molecule has 1 amide bonds. The second-order valence-electron chi connectivity index (χ2n) is 4.30. The van der Waals surface area contributed by atoms with Crippen LogP contribution in [0.1, 0.15) is 17.0 Å². The van der Waals surface area contributed by atoms with Gasteiger partial charge < -0.3 is 9.84 Å². The van der Waals surface area contributed by atoms with Crippen molar-refractivity contribution >= 4 is 11.6 Å². The minimum atomic E-state index is 0.0518. The van der Waals surface area contributed by atoms with E-state index in [0.29, 0.717) is 6.42 Å². The minimum absolute atomic E-state index is 0.0518. The minimum Gasteiger partial charge on any atom is -0.361 e. The zero-order chi connectivity index (χ0) is 12.0. The molecule has 0 unspecified atom stereocenters. The maximum Gasteiger partial charge on any atom is 0.228 e. The topological polar surface area (TPSA) is 55.1 Å². The predicted molar refractivity (Wildman–Crippen MR) is 63.7 cm³/mol. The Morgan fingerprint density at radius 2 is 2.18 bits per heavy atom. The van der Waals surface area contributed by atoms with E-state index in [0.717, 1.165) is 33.8 Å². The molecule has 0 atom stereocenters. The van der Waals surface area contributed by atoms with E-state index in [1.165, 1.54) is 0 Å². The van der Waals surface area contributed by atoms with Crippen LogP contribution < -0.4 is 5.32 Å². The summed E-state index contributed by atoms with van der Waals surface area (Å²) in [5.41, 5.74) is 4.85. The molecule has 0 bridgehead atoms. The summed E-state index contributed by atoms with van der Waals surface area (Å²) in [7, 11) is 0. The maximum absolute atomic E-state index is 11.3. The van der Waals surface area contributed by atoms with E-state index in [1.807, 2.05) is 32.0 Å². The summed E-state index contributed by atoms with van der Waals surface area (Å²) in [5.74, 6) is 0.850. The Labute approximate surface area is 98.6 Å². The molecule has 86 valence electrons. The van der Waals surface area contributed by atoms with Gasteiger partial charge in [-0.05, 0) is 31.0 Å². The van der Waals surface area contributed by atoms with Gasteiger partial charge in [0.15, 0.2) is 0 Å². The molecule has 0 spiro atoms. The summed E-state index contributed by atoms with van der Waals surface area (Å²) >= 11 is 0. The maximum atomic E-state index is 11.3. The van der Waals surface area contributed by atoms with Crippen molar-refractivity contribution in [2.45, 2.75) is 20.3 Å². The first-order valence-electron chi connectivity index (χ1n) is 5.51. The van der Waals surface area contributed by atoms with Crippen molar-refractivity contribution in [3.8, 4) is 11.1 Å². The van der Waals surface area contributed by atoms with Crippen LogP contribution in [0.4, 0.5) is 5.69 Å². The lowest BCUT2D eigenvalue weighted by molar-refractivity contribution is -0.115. The van der Waals surface area contributed by atoms with Crippen molar-refractivity contribution < 1.29 is 9.32 Å². The molecule has 1 aromatic carbocycles. The zero-order valence-electron chi connectivity index (χ0n) is 9.70. The standard InChI is InChI=1S/C13H12N2O2/c1-7-13(8(2)17-15-7)10-4-3-9-6-12(16)14-11(9)5-10/h3-5H,6H2,1-2H3,(H,14,16). The van der Waals surface area contributed by atoms with Gasteiger partial charge in [0.05, 0.1) is 12.1 Å². The summed E-state index contributed by atoms with van der Waals surface area (Å²) in [6.07, 6.45) is 0.469. The zero-order valence-corrected chi connectivity index (χ0v) is 9.70. The number of carbonyl (C=O) groups is 1. The SMILES string of the molecule is Cc1noc(C)c1-c1ccc2c(c1)NC(=O)C2. The van der Waals surface area contributed by atoms with Crippen LogP contribution >= 0.6 is 0 Å². The predicted octanol–water partition coefficient (Wildman–Crippen LogP) is 2.45. The number of fused-ring (bicyclic) bond motifs is 1. The second kappa shape index (κ2) is 3.45. The quantitative estimate of drug-likeness (QED) is 0.815. The van der Waals surface area contributed by atoms with Gasteiger partial charge in [0.25, 0.3) is 0 Å². The van der Waals surface area contributed by atoms with Crippen molar-refractivity contribution in [2.24, 2.45) is 0 Å². The summed E-state index contributed by atoms with van der Waals surface area (Å²) < 4.78 is 5.15.